The van der Waals surface area contributed by atoms with Crippen LogP contribution in [0, 0.1) is 11.3 Å². The van der Waals surface area contributed by atoms with Crippen molar-refractivity contribution in [1.29, 1.82) is 0 Å². The lowest BCUT2D eigenvalue weighted by Crippen LogP contribution is -2.47. The van der Waals surface area contributed by atoms with Gasteiger partial charge in [-0.05, 0) is 24.2 Å². The molecule has 0 saturated heterocycles. The van der Waals surface area contributed by atoms with Gasteiger partial charge < -0.3 is 0 Å². The van der Waals surface area contributed by atoms with Crippen LogP contribution in [-0.4, -0.2) is 6.04 Å². The van der Waals surface area contributed by atoms with Gasteiger partial charge in [-0.15, -0.1) is 0 Å². The molecule has 0 radical (unpaired) electrons. The monoisotopic (exact) mass is 170 g/mol. The van der Waals surface area contributed by atoms with Gasteiger partial charge in [0.2, 0.25) is 0 Å². The second-order valence-corrected chi connectivity index (χ2v) is 5.03. The van der Waals surface area contributed by atoms with Crippen LogP contribution in [0.4, 0.5) is 0 Å². The Balaban J connectivity index is 2.59. The van der Waals surface area contributed by atoms with Crippen molar-refractivity contribution in [3.8, 4) is 0 Å². The fourth-order valence-electron chi connectivity index (χ4n) is 2.37. The molecule has 2 heteroatoms. The van der Waals surface area contributed by atoms with Crippen molar-refractivity contribution < 1.29 is 0 Å². The van der Waals surface area contributed by atoms with Crippen molar-refractivity contribution in [3.63, 3.8) is 0 Å². The molecule has 0 aromatic rings. The Morgan fingerprint density at radius 2 is 1.75 bits per heavy atom. The molecular weight excluding hydrogens is 148 g/mol. The van der Waals surface area contributed by atoms with Crippen molar-refractivity contribution in [2.45, 2.75) is 52.5 Å². The van der Waals surface area contributed by atoms with E-state index in [0.29, 0.717) is 11.5 Å². The Morgan fingerprint density at radius 3 is 2.17 bits per heavy atom. The lowest BCUT2D eigenvalue weighted by atomic mass is 9.70. The summed E-state index contributed by atoms with van der Waals surface area (Å²) < 4.78 is 0. The van der Waals surface area contributed by atoms with Gasteiger partial charge >= 0.3 is 0 Å². The molecular formula is C10H22N2. The molecule has 2 atom stereocenters. The predicted octanol–water partition coefficient (Wildman–Crippen LogP) is 2.05. The van der Waals surface area contributed by atoms with Gasteiger partial charge in [-0.1, -0.05) is 33.6 Å². The predicted molar refractivity (Wildman–Crippen MR) is 52.5 cm³/mol. The van der Waals surface area contributed by atoms with Gasteiger partial charge in [0, 0.05) is 6.04 Å². The Kier molecular flexibility index (Phi) is 3.13. The quantitative estimate of drug-likeness (QED) is 0.467. The average Bonchev–Trinajstić information content (AvgIpc) is 2.03. The van der Waals surface area contributed by atoms with Gasteiger partial charge in [0.1, 0.15) is 0 Å². The van der Waals surface area contributed by atoms with E-state index in [9.17, 15) is 0 Å². The van der Waals surface area contributed by atoms with Crippen molar-refractivity contribution in [2.75, 3.05) is 0 Å². The van der Waals surface area contributed by atoms with Gasteiger partial charge in [0.25, 0.3) is 0 Å². The van der Waals surface area contributed by atoms with E-state index in [-0.39, 0.29) is 0 Å². The van der Waals surface area contributed by atoms with E-state index >= 15 is 0 Å². The zero-order valence-electron chi connectivity index (χ0n) is 8.56. The zero-order valence-corrected chi connectivity index (χ0v) is 8.56. The van der Waals surface area contributed by atoms with Gasteiger partial charge in [-0.2, -0.15) is 0 Å². The van der Waals surface area contributed by atoms with E-state index in [4.69, 9.17) is 5.84 Å². The van der Waals surface area contributed by atoms with Crippen LogP contribution in [0.25, 0.3) is 0 Å². The standard InChI is InChI=1S/C10H22N2/c1-10(2,3)8-6-4-5-7-9(8)12-11/h8-9,12H,4-7,11H2,1-3H3. The van der Waals surface area contributed by atoms with Crippen LogP contribution in [-0.2, 0) is 0 Å². The lowest BCUT2D eigenvalue weighted by molar-refractivity contribution is 0.131. The molecule has 12 heavy (non-hydrogen) atoms. The Bertz CT molecular complexity index is 137. The maximum absolute atomic E-state index is 5.54. The number of nitrogens with two attached hydrogens (primary N) is 1. The fraction of sp³-hybridized carbons (Fsp3) is 1.00. The van der Waals surface area contributed by atoms with Gasteiger partial charge in [0.15, 0.2) is 0 Å². The van der Waals surface area contributed by atoms with E-state index in [2.05, 4.69) is 26.2 Å². The molecule has 0 spiro atoms. The van der Waals surface area contributed by atoms with Crippen molar-refractivity contribution in [1.82, 2.24) is 5.43 Å². The van der Waals surface area contributed by atoms with Crippen LogP contribution in [0.15, 0.2) is 0 Å². The highest BCUT2D eigenvalue weighted by Gasteiger charge is 2.33. The van der Waals surface area contributed by atoms with Crippen LogP contribution in [0.2, 0.25) is 0 Å². The van der Waals surface area contributed by atoms with Crippen LogP contribution in [0.3, 0.4) is 0 Å². The largest absolute Gasteiger partial charge is 0.271 e. The number of hydrazine groups is 1. The first-order chi connectivity index (χ1) is 5.55. The van der Waals surface area contributed by atoms with Gasteiger partial charge in [-0.25, -0.2) is 0 Å². The summed E-state index contributed by atoms with van der Waals surface area (Å²) in [5.41, 5.74) is 3.36. The first-order valence-corrected chi connectivity index (χ1v) is 5.02. The number of rotatable bonds is 1. The Morgan fingerprint density at radius 1 is 1.17 bits per heavy atom. The molecule has 2 unspecified atom stereocenters. The topological polar surface area (TPSA) is 38.0 Å². The maximum Gasteiger partial charge on any atom is 0.0243 e. The van der Waals surface area contributed by atoms with Gasteiger partial charge in [0.05, 0.1) is 0 Å². The van der Waals surface area contributed by atoms with E-state index in [1.807, 2.05) is 0 Å². The summed E-state index contributed by atoms with van der Waals surface area (Å²) in [6.45, 7) is 6.94. The molecule has 1 fully saturated rings. The highest BCUT2D eigenvalue weighted by atomic mass is 15.2. The number of hydrogen-bond donors (Lipinski definition) is 2. The molecule has 3 N–H and O–H groups in total. The third-order valence-electron chi connectivity index (χ3n) is 3.09. The fourth-order valence-corrected chi connectivity index (χ4v) is 2.37. The average molecular weight is 170 g/mol. The summed E-state index contributed by atoms with van der Waals surface area (Å²) in [5.74, 6) is 6.29. The third-order valence-corrected chi connectivity index (χ3v) is 3.09. The van der Waals surface area contributed by atoms with Crippen molar-refractivity contribution in [2.24, 2.45) is 17.2 Å². The molecule has 0 aliphatic heterocycles. The van der Waals surface area contributed by atoms with Crippen LogP contribution in [0.5, 0.6) is 0 Å². The molecule has 0 aromatic carbocycles. The molecule has 2 nitrogen and oxygen atoms in total. The maximum atomic E-state index is 5.54. The summed E-state index contributed by atoms with van der Waals surface area (Å²) in [5, 5.41) is 0. The molecule has 0 amide bonds. The molecule has 1 saturated carbocycles. The third kappa shape index (κ3) is 2.20. The van der Waals surface area contributed by atoms with E-state index in [1.165, 1.54) is 25.7 Å². The summed E-state index contributed by atoms with van der Waals surface area (Å²) in [4.78, 5) is 0. The highest BCUT2D eigenvalue weighted by Crippen LogP contribution is 2.37. The lowest BCUT2D eigenvalue weighted by Gasteiger charge is -2.40. The second kappa shape index (κ2) is 3.75. The molecule has 72 valence electrons. The molecule has 0 bridgehead atoms. The summed E-state index contributed by atoms with van der Waals surface area (Å²) >= 11 is 0. The van der Waals surface area contributed by atoms with E-state index in [0.717, 1.165) is 5.92 Å². The smallest absolute Gasteiger partial charge is 0.0243 e. The van der Waals surface area contributed by atoms with E-state index in [1.54, 1.807) is 0 Å². The zero-order chi connectivity index (χ0) is 9.19. The normalized spacial score (nSPS) is 32.0. The summed E-state index contributed by atoms with van der Waals surface area (Å²) in [6, 6.07) is 0.541. The SMILES string of the molecule is CC(C)(C)C1CCCCC1NN. The molecule has 0 aromatic heterocycles. The number of hydrogen-bond acceptors (Lipinski definition) is 2. The minimum atomic E-state index is 0.400. The molecule has 0 heterocycles. The minimum Gasteiger partial charge on any atom is -0.271 e. The van der Waals surface area contributed by atoms with Crippen molar-refractivity contribution >= 4 is 0 Å². The number of nitrogens with one attached hydrogen (secondary N) is 1. The van der Waals surface area contributed by atoms with Crippen LogP contribution >= 0.6 is 0 Å². The second-order valence-electron chi connectivity index (χ2n) is 5.03. The van der Waals surface area contributed by atoms with E-state index < -0.39 is 0 Å². The summed E-state index contributed by atoms with van der Waals surface area (Å²) in [7, 11) is 0. The summed E-state index contributed by atoms with van der Waals surface area (Å²) in [6.07, 6.45) is 5.29. The van der Waals surface area contributed by atoms with Crippen LogP contribution < -0.4 is 11.3 Å². The Hall–Kier alpha value is -0.0800. The van der Waals surface area contributed by atoms with Crippen molar-refractivity contribution in [3.05, 3.63) is 0 Å². The van der Waals surface area contributed by atoms with Crippen LogP contribution in [0.1, 0.15) is 46.5 Å². The first kappa shape index (κ1) is 10.0. The first-order valence-electron chi connectivity index (χ1n) is 5.02. The molecule has 1 aliphatic carbocycles. The molecule has 1 rings (SSSR count). The highest BCUT2D eigenvalue weighted by molar-refractivity contribution is 4.86. The minimum absolute atomic E-state index is 0.400. The van der Waals surface area contributed by atoms with Gasteiger partial charge in [-0.3, -0.25) is 11.3 Å². The Labute approximate surface area is 75.9 Å². The molecule has 1 aliphatic rings.